The van der Waals surface area contributed by atoms with Crippen molar-refractivity contribution in [1.29, 1.82) is 0 Å². The van der Waals surface area contributed by atoms with Gasteiger partial charge in [0.05, 0.1) is 13.2 Å². The van der Waals surface area contributed by atoms with E-state index in [0.29, 0.717) is 45.2 Å². The monoisotopic (exact) mass is 386 g/mol. The van der Waals surface area contributed by atoms with Gasteiger partial charge in [0.1, 0.15) is 5.60 Å². The molecule has 1 unspecified atom stereocenters. The van der Waals surface area contributed by atoms with Crippen molar-refractivity contribution in [2.24, 2.45) is 10.4 Å². The number of carbonyl (C=O) groups excluding carboxylic acids is 1. The molecule has 1 atom stereocenters. The summed E-state index contributed by atoms with van der Waals surface area (Å²) in [6, 6.07) is 0. The van der Waals surface area contributed by atoms with Crippen LogP contribution < -0.4 is 10.6 Å². The molecule has 0 aromatic carbocycles. The molecular formula is C19H38N4O4. The van der Waals surface area contributed by atoms with Crippen LogP contribution in [0.4, 0.5) is 4.79 Å². The average Bonchev–Trinajstić information content (AvgIpc) is 3.04. The van der Waals surface area contributed by atoms with E-state index in [0.717, 1.165) is 19.6 Å². The molecule has 1 aliphatic rings. The first kappa shape index (κ1) is 23.5. The van der Waals surface area contributed by atoms with Crippen LogP contribution >= 0.6 is 0 Å². The van der Waals surface area contributed by atoms with Crippen LogP contribution in [-0.2, 0) is 9.47 Å². The first-order chi connectivity index (χ1) is 12.7. The summed E-state index contributed by atoms with van der Waals surface area (Å²) >= 11 is 0. The number of hydrogen-bond donors (Lipinski definition) is 3. The van der Waals surface area contributed by atoms with E-state index in [-0.39, 0.29) is 18.1 Å². The number of aliphatic hydroxyl groups is 1. The van der Waals surface area contributed by atoms with Crippen LogP contribution in [0.25, 0.3) is 0 Å². The van der Waals surface area contributed by atoms with Crippen molar-refractivity contribution in [2.45, 2.75) is 53.1 Å². The Morgan fingerprint density at radius 1 is 1.33 bits per heavy atom. The summed E-state index contributed by atoms with van der Waals surface area (Å²) in [4.78, 5) is 18.5. The molecule has 0 aromatic rings. The molecule has 0 aliphatic carbocycles. The number of nitrogens with one attached hydrogen (secondary N) is 2. The minimum absolute atomic E-state index is 0.0803. The highest BCUT2D eigenvalue weighted by atomic mass is 16.6. The number of nitrogens with zero attached hydrogens (tertiary/aromatic N) is 2. The Labute approximate surface area is 163 Å². The number of guanidine groups is 1. The van der Waals surface area contributed by atoms with Gasteiger partial charge in [-0.15, -0.1) is 0 Å². The lowest BCUT2D eigenvalue weighted by atomic mass is 9.84. The molecule has 1 heterocycles. The van der Waals surface area contributed by atoms with Gasteiger partial charge in [0.2, 0.25) is 0 Å². The third-order valence-corrected chi connectivity index (χ3v) is 4.45. The van der Waals surface area contributed by atoms with Gasteiger partial charge in [0, 0.05) is 44.8 Å². The van der Waals surface area contributed by atoms with Gasteiger partial charge in [-0.3, -0.25) is 4.99 Å². The van der Waals surface area contributed by atoms with Crippen LogP contribution in [-0.4, -0.2) is 80.2 Å². The maximum absolute atomic E-state index is 12.2. The molecule has 0 aromatic heterocycles. The Balaban J connectivity index is 2.57. The predicted octanol–water partition coefficient (Wildman–Crippen LogP) is 1.59. The van der Waals surface area contributed by atoms with Gasteiger partial charge in [-0.2, -0.15) is 0 Å². The van der Waals surface area contributed by atoms with E-state index in [1.54, 1.807) is 4.90 Å². The molecule has 1 saturated heterocycles. The minimum Gasteiger partial charge on any atom is -0.444 e. The van der Waals surface area contributed by atoms with Crippen molar-refractivity contribution in [3.8, 4) is 0 Å². The van der Waals surface area contributed by atoms with E-state index < -0.39 is 5.60 Å². The average molecular weight is 387 g/mol. The number of hydrogen-bond acceptors (Lipinski definition) is 5. The van der Waals surface area contributed by atoms with E-state index in [1.165, 1.54) is 0 Å². The predicted molar refractivity (Wildman–Crippen MR) is 107 cm³/mol. The summed E-state index contributed by atoms with van der Waals surface area (Å²) in [5, 5.41) is 15.8. The Hall–Kier alpha value is -1.54. The Morgan fingerprint density at radius 3 is 2.59 bits per heavy atom. The molecular weight excluding hydrogens is 348 g/mol. The van der Waals surface area contributed by atoms with Crippen LogP contribution in [0.1, 0.15) is 47.5 Å². The molecule has 1 aliphatic heterocycles. The highest BCUT2D eigenvalue weighted by molar-refractivity contribution is 5.79. The molecule has 1 fully saturated rings. The number of amides is 1. The van der Waals surface area contributed by atoms with Gasteiger partial charge >= 0.3 is 6.09 Å². The second-order valence-corrected chi connectivity index (χ2v) is 7.96. The number of ether oxygens (including phenoxy) is 2. The van der Waals surface area contributed by atoms with Crippen LogP contribution in [0, 0.1) is 5.41 Å². The molecule has 8 nitrogen and oxygen atoms in total. The first-order valence-corrected chi connectivity index (χ1v) is 9.94. The van der Waals surface area contributed by atoms with Crippen LogP contribution in [0.3, 0.4) is 0 Å². The zero-order valence-corrected chi connectivity index (χ0v) is 17.6. The van der Waals surface area contributed by atoms with E-state index in [2.05, 4.69) is 15.6 Å². The topological polar surface area (TPSA) is 95.4 Å². The lowest BCUT2D eigenvalue weighted by Crippen LogP contribution is -2.44. The summed E-state index contributed by atoms with van der Waals surface area (Å²) in [7, 11) is 0. The number of aliphatic hydroxyl groups excluding tert-OH is 1. The molecule has 0 saturated carbocycles. The van der Waals surface area contributed by atoms with Gasteiger partial charge in [-0.1, -0.05) is 0 Å². The Morgan fingerprint density at radius 2 is 2.07 bits per heavy atom. The van der Waals surface area contributed by atoms with Gasteiger partial charge < -0.3 is 30.1 Å². The van der Waals surface area contributed by atoms with Gasteiger partial charge in [0.15, 0.2) is 5.96 Å². The minimum atomic E-state index is -0.501. The third-order valence-electron chi connectivity index (χ3n) is 4.45. The summed E-state index contributed by atoms with van der Waals surface area (Å²) in [6.45, 7) is 14.1. The molecule has 158 valence electrons. The van der Waals surface area contributed by atoms with E-state index >= 15 is 0 Å². The van der Waals surface area contributed by atoms with Crippen molar-refractivity contribution in [3.05, 3.63) is 0 Å². The fourth-order valence-corrected chi connectivity index (χ4v) is 2.89. The lowest BCUT2D eigenvalue weighted by molar-refractivity contribution is 0.0264. The second-order valence-electron chi connectivity index (χ2n) is 7.96. The Bertz CT molecular complexity index is 471. The van der Waals surface area contributed by atoms with E-state index in [9.17, 15) is 9.90 Å². The molecule has 0 spiro atoms. The normalized spacial score (nSPS) is 20.4. The van der Waals surface area contributed by atoms with Crippen molar-refractivity contribution < 1.29 is 19.4 Å². The van der Waals surface area contributed by atoms with E-state index in [4.69, 9.17) is 9.47 Å². The number of rotatable bonds is 9. The molecule has 1 amide bonds. The van der Waals surface area contributed by atoms with Crippen LogP contribution in [0.2, 0.25) is 0 Å². The summed E-state index contributed by atoms with van der Waals surface area (Å²) in [5.41, 5.74) is -0.582. The zero-order valence-electron chi connectivity index (χ0n) is 17.6. The summed E-state index contributed by atoms with van der Waals surface area (Å²) in [6.07, 6.45) is 1.30. The van der Waals surface area contributed by atoms with E-state index in [1.807, 2.05) is 34.6 Å². The maximum Gasteiger partial charge on any atom is 0.410 e. The highest BCUT2D eigenvalue weighted by Gasteiger charge is 2.34. The fourth-order valence-electron chi connectivity index (χ4n) is 2.89. The summed E-state index contributed by atoms with van der Waals surface area (Å²) < 4.78 is 10.9. The van der Waals surface area contributed by atoms with Crippen molar-refractivity contribution in [3.63, 3.8) is 0 Å². The highest BCUT2D eigenvalue weighted by Crippen LogP contribution is 2.32. The molecule has 0 radical (unpaired) electrons. The molecule has 8 heteroatoms. The Kier molecular flexibility index (Phi) is 9.87. The number of aliphatic imine (C=N–C) groups is 1. The molecule has 0 bridgehead atoms. The fraction of sp³-hybridized carbons (Fsp3) is 0.895. The lowest BCUT2D eigenvalue weighted by Gasteiger charge is -2.27. The van der Waals surface area contributed by atoms with Crippen molar-refractivity contribution in [2.75, 3.05) is 52.5 Å². The molecule has 3 N–H and O–H groups in total. The van der Waals surface area contributed by atoms with Crippen molar-refractivity contribution in [1.82, 2.24) is 15.5 Å². The quantitative estimate of drug-likeness (QED) is 0.411. The van der Waals surface area contributed by atoms with Gasteiger partial charge in [0.25, 0.3) is 0 Å². The third kappa shape index (κ3) is 8.79. The van der Waals surface area contributed by atoms with Crippen LogP contribution in [0.15, 0.2) is 4.99 Å². The standard InChI is InChI=1S/C19H38N4O4/c1-6-20-16(22-14-19(8-12-24)9-13-26-15-19)21-10-11-23(7-2)17(25)27-18(3,4)5/h24H,6-15H2,1-5H3,(H2,20,21,22). The summed E-state index contributed by atoms with van der Waals surface area (Å²) in [5.74, 6) is 0.710. The van der Waals surface area contributed by atoms with Crippen LogP contribution in [0.5, 0.6) is 0 Å². The molecule has 1 rings (SSSR count). The molecule has 27 heavy (non-hydrogen) atoms. The second kappa shape index (κ2) is 11.3. The smallest absolute Gasteiger partial charge is 0.410 e. The SMILES string of the molecule is CCNC(=NCC1(CCO)CCOC1)NCCN(CC)C(=O)OC(C)(C)C. The van der Waals surface area contributed by atoms with Gasteiger partial charge in [-0.05, 0) is 47.5 Å². The zero-order chi connectivity index (χ0) is 20.3. The maximum atomic E-state index is 12.2. The van der Waals surface area contributed by atoms with Crippen molar-refractivity contribution >= 4 is 12.1 Å². The first-order valence-electron chi connectivity index (χ1n) is 9.94. The number of likely N-dealkylation sites (N-methyl/N-ethyl adjacent to an activating group) is 1. The number of carbonyl (C=O) groups is 1. The largest absolute Gasteiger partial charge is 0.444 e. The van der Waals surface area contributed by atoms with Gasteiger partial charge in [-0.25, -0.2) is 4.79 Å².